The summed E-state index contributed by atoms with van der Waals surface area (Å²) in [5.41, 5.74) is 1.55. The summed E-state index contributed by atoms with van der Waals surface area (Å²) in [6.07, 6.45) is 1.54. The molecule has 6 heteroatoms. The number of rotatable bonds is 7. The lowest BCUT2D eigenvalue weighted by Gasteiger charge is -2.30. The van der Waals surface area contributed by atoms with Crippen LogP contribution in [-0.4, -0.2) is 33.2 Å². The lowest BCUT2D eigenvalue weighted by atomic mass is 10.1. The molecule has 0 radical (unpaired) electrons. The van der Waals surface area contributed by atoms with E-state index in [1.165, 1.54) is 4.31 Å². The fourth-order valence-electron chi connectivity index (χ4n) is 2.17. The molecular formula is C16H26N2O3S. The topological polar surface area (TPSA) is 66.5 Å². The van der Waals surface area contributed by atoms with Crippen molar-refractivity contribution in [1.82, 2.24) is 5.32 Å². The van der Waals surface area contributed by atoms with Gasteiger partial charge in [-0.15, -0.1) is 0 Å². The summed E-state index contributed by atoms with van der Waals surface area (Å²) in [6.45, 7) is 8.26. The summed E-state index contributed by atoms with van der Waals surface area (Å²) >= 11 is 0. The zero-order valence-electron chi connectivity index (χ0n) is 14.0. The molecule has 0 saturated heterocycles. The van der Waals surface area contributed by atoms with E-state index in [9.17, 15) is 13.2 Å². The first-order valence-corrected chi connectivity index (χ1v) is 9.35. The number of amides is 1. The highest BCUT2D eigenvalue weighted by atomic mass is 32.2. The Bertz CT molecular complexity index is 594. The molecule has 5 nitrogen and oxygen atoms in total. The van der Waals surface area contributed by atoms with Gasteiger partial charge in [-0.3, -0.25) is 9.10 Å². The van der Waals surface area contributed by atoms with E-state index in [1.807, 2.05) is 39.8 Å². The van der Waals surface area contributed by atoms with Gasteiger partial charge in [0.1, 0.15) is 6.04 Å². The summed E-state index contributed by atoms with van der Waals surface area (Å²) in [4.78, 5) is 12.4. The summed E-state index contributed by atoms with van der Waals surface area (Å²) < 4.78 is 25.6. The Morgan fingerprint density at radius 2 is 1.77 bits per heavy atom. The monoisotopic (exact) mass is 326 g/mol. The highest BCUT2D eigenvalue weighted by molar-refractivity contribution is 7.92. The van der Waals surface area contributed by atoms with Gasteiger partial charge >= 0.3 is 0 Å². The van der Waals surface area contributed by atoms with Gasteiger partial charge in [0.15, 0.2) is 0 Å². The number of carbonyl (C=O) groups excluding carboxylic acids is 1. The minimum absolute atomic E-state index is 0.262. The van der Waals surface area contributed by atoms with Crippen LogP contribution in [0, 0.1) is 12.8 Å². The number of benzene rings is 1. The molecule has 0 aliphatic heterocycles. The van der Waals surface area contributed by atoms with E-state index in [1.54, 1.807) is 12.1 Å². The second kappa shape index (κ2) is 7.63. The number of nitrogens with zero attached hydrogens (tertiary/aromatic N) is 1. The lowest BCUT2D eigenvalue weighted by Crippen LogP contribution is -2.49. The molecule has 0 bridgehead atoms. The van der Waals surface area contributed by atoms with E-state index in [0.29, 0.717) is 24.6 Å². The van der Waals surface area contributed by atoms with Crippen LogP contribution in [0.3, 0.4) is 0 Å². The van der Waals surface area contributed by atoms with Crippen molar-refractivity contribution in [3.8, 4) is 0 Å². The maximum absolute atomic E-state index is 12.4. The molecular weight excluding hydrogens is 300 g/mol. The largest absolute Gasteiger partial charge is 0.354 e. The van der Waals surface area contributed by atoms with Gasteiger partial charge in [-0.25, -0.2) is 8.42 Å². The van der Waals surface area contributed by atoms with Crippen molar-refractivity contribution < 1.29 is 13.2 Å². The smallest absolute Gasteiger partial charge is 0.243 e. The molecule has 0 fully saturated rings. The Kier molecular flexibility index (Phi) is 6.41. The molecule has 0 aromatic heterocycles. The average Bonchev–Trinajstić information content (AvgIpc) is 2.42. The maximum Gasteiger partial charge on any atom is 0.243 e. The quantitative estimate of drug-likeness (QED) is 0.836. The molecule has 22 heavy (non-hydrogen) atoms. The van der Waals surface area contributed by atoms with Crippen LogP contribution >= 0.6 is 0 Å². The predicted octanol–water partition coefficient (Wildman–Crippen LogP) is 2.31. The lowest BCUT2D eigenvalue weighted by molar-refractivity contribution is -0.122. The van der Waals surface area contributed by atoms with E-state index in [4.69, 9.17) is 0 Å². The Balaban J connectivity index is 3.14. The second-order valence-electron chi connectivity index (χ2n) is 5.96. The zero-order valence-corrected chi connectivity index (χ0v) is 14.8. The molecule has 0 saturated carbocycles. The van der Waals surface area contributed by atoms with Crippen LogP contribution < -0.4 is 9.62 Å². The zero-order chi connectivity index (χ0) is 16.9. The number of nitrogens with one attached hydrogen (secondary N) is 1. The Labute approximate surface area is 133 Å². The highest BCUT2D eigenvalue weighted by Gasteiger charge is 2.31. The molecule has 1 N–H and O–H groups in total. The van der Waals surface area contributed by atoms with E-state index in [2.05, 4.69) is 5.32 Å². The van der Waals surface area contributed by atoms with Crippen molar-refractivity contribution in [3.05, 3.63) is 29.8 Å². The fraction of sp³-hybridized carbons (Fsp3) is 0.562. The van der Waals surface area contributed by atoms with E-state index < -0.39 is 16.1 Å². The maximum atomic E-state index is 12.4. The molecule has 0 aliphatic carbocycles. The Hall–Kier alpha value is -1.56. The van der Waals surface area contributed by atoms with Crippen LogP contribution in [0.5, 0.6) is 0 Å². The first-order valence-electron chi connectivity index (χ1n) is 7.50. The second-order valence-corrected chi connectivity index (χ2v) is 7.82. The first kappa shape index (κ1) is 18.5. The Morgan fingerprint density at radius 3 is 2.18 bits per heavy atom. The molecule has 0 unspecified atom stereocenters. The van der Waals surface area contributed by atoms with Crippen molar-refractivity contribution in [2.75, 3.05) is 17.1 Å². The van der Waals surface area contributed by atoms with E-state index in [-0.39, 0.29) is 5.91 Å². The number of sulfonamides is 1. The summed E-state index contributed by atoms with van der Waals surface area (Å²) in [7, 11) is -3.55. The Morgan fingerprint density at radius 1 is 1.23 bits per heavy atom. The van der Waals surface area contributed by atoms with Crippen LogP contribution in [0.2, 0.25) is 0 Å². The van der Waals surface area contributed by atoms with Gasteiger partial charge in [0.2, 0.25) is 15.9 Å². The number of aryl methyl sites for hydroxylation is 1. The van der Waals surface area contributed by atoms with Gasteiger partial charge in [-0.05, 0) is 31.4 Å². The summed E-state index contributed by atoms with van der Waals surface area (Å²) in [6, 6.07) is 6.40. The van der Waals surface area contributed by atoms with Gasteiger partial charge < -0.3 is 5.32 Å². The van der Waals surface area contributed by atoms with Crippen molar-refractivity contribution in [2.45, 2.75) is 40.2 Å². The average molecular weight is 326 g/mol. The van der Waals surface area contributed by atoms with Crippen LogP contribution in [0.15, 0.2) is 24.3 Å². The molecule has 1 aromatic rings. The number of carbonyl (C=O) groups is 1. The first-order chi connectivity index (χ1) is 10.2. The van der Waals surface area contributed by atoms with Gasteiger partial charge in [-0.1, -0.05) is 38.5 Å². The molecule has 1 amide bonds. The van der Waals surface area contributed by atoms with Gasteiger partial charge in [-0.2, -0.15) is 0 Å². The summed E-state index contributed by atoms with van der Waals surface area (Å²) in [5, 5.41) is 2.82. The van der Waals surface area contributed by atoms with Crippen LogP contribution in [0.4, 0.5) is 5.69 Å². The normalized spacial score (nSPS) is 13.0. The molecule has 124 valence electrons. The van der Waals surface area contributed by atoms with Crippen molar-refractivity contribution in [3.63, 3.8) is 0 Å². The van der Waals surface area contributed by atoms with Crippen molar-refractivity contribution in [1.29, 1.82) is 0 Å². The van der Waals surface area contributed by atoms with E-state index >= 15 is 0 Å². The third kappa shape index (κ3) is 5.02. The minimum Gasteiger partial charge on any atom is -0.354 e. The molecule has 0 aliphatic rings. The fourth-order valence-corrected chi connectivity index (χ4v) is 3.39. The number of hydrogen-bond donors (Lipinski definition) is 1. The minimum atomic E-state index is -3.55. The molecule has 1 atom stereocenters. The number of anilines is 1. The standard InChI is InChI=1S/C16H26N2O3S/c1-6-15(16(19)17-11-12(2)3)18(22(5,20)21)14-9-7-13(4)8-10-14/h7-10,12,15H,6,11H2,1-5H3,(H,17,19)/t15-/m0/s1. The van der Waals surface area contributed by atoms with Crippen LogP contribution in [0.1, 0.15) is 32.8 Å². The third-order valence-corrected chi connectivity index (χ3v) is 4.48. The van der Waals surface area contributed by atoms with Gasteiger partial charge in [0.25, 0.3) is 0 Å². The molecule has 1 rings (SSSR count). The summed E-state index contributed by atoms with van der Waals surface area (Å²) in [5.74, 6) is 0.0507. The highest BCUT2D eigenvalue weighted by Crippen LogP contribution is 2.22. The van der Waals surface area contributed by atoms with Crippen LogP contribution in [-0.2, 0) is 14.8 Å². The molecule has 0 heterocycles. The van der Waals surface area contributed by atoms with Gasteiger partial charge in [0, 0.05) is 6.54 Å². The SMILES string of the molecule is CC[C@@H](C(=O)NCC(C)C)N(c1ccc(C)cc1)S(C)(=O)=O. The molecule has 0 spiro atoms. The van der Waals surface area contributed by atoms with E-state index in [0.717, 1.165) is 11.8 Å². The van der Waals surface area contributed by atoms with Crippen LogP contribution in [0.25, 0.3) is 0 Å². The number of hydrogen-bond acceptors (Lipinski definition) is 3. The third-order valence-electron chi connectivity index (χ3n) is 3.30. The predicted molar refractivity (Wildman–Crippen MR) is 90.4 cm³/mol. The van der Waals surface area contributed by atoms with Gasteiger partial charge in [0.05, 0.1) is 11.9 Å². The van der Waals surface area contributed by atoms with Crippen molar-refractivity contribution in [2.24, 2.45) is 5.92 Å². The molecule has 1 aromatic carbocycles. The van der Waals surface area contributed by atoms with Crippen molar-refractivity contribution >= 4 is 21.6 Å².